The van der Waals surface area contributed by atoms with Gasteiger partial charge in [-0.2, -0.15) is 20.6 Å². The number of nitrogens with one attached hydrogen (secondary N) is 5. The number of aromatic amines is 4. The van der Waals surface area contributed by atoms with Gasteiger partial charge in [-0.25, -0.2) is 32.9 Å². The van der Waals surface area contributed by atoms with Crippen molar-refractivity contribution in [3.63, 3.8) is 0 Å². The Morgan fingerprint density at radius 3 is 1.48 bits per heavy atom. The quantitative estimate of drug-likeness (QED) is 0.0846. The fraction of sp³-hybridized carbons (Fsp3) is 0.217. The lowest BCUT2D eigenvalue weighted by atomic mass is 10.1. The van der Waals surface area contributed by atoms with E-state index in [0.29, 0.717) is 30.3 Å². The summed E-state index contributed by atoms with van der Waals surface area (Å²) in [7, 11) is 0. The van der Waals surface area contributed by atoms with E-state index in [9.17, 15) is 28.0 Å². The number of hydrogen-bond donors (Lipinski definition) is 6. The molecular weight excluding hydrogens is 979 g/mol. The van der Waals surface area contributed by atoms with Crippen LogP contribution in [0.5, 0.6) is 0 Å². The van der Waals surface area contributed by atoms with E-state index < -0.39 is 35.1 Å². The zero-order valence-electron chi connectivity index (χ0n) is 37.8. The summed E-state index contributed by atoms with van der Waals surface area (Å²) in [5, 5.41) is 49.0. The number of carboxylic acids is 1. The maximum atomic E-state index is 14.7. The number of halogens is 2. The molecule has 0 spiro atoms. The van der Waals surface area contributed by atoms with Crippen molar-refractivity contribution in [1.29, 1.82) is 0 Å². The Kier molecular flexibility index (Phi) is 15.4. The number of hydrogen-bond acceptors (Lipinski definition) is 19. The number of amides is 1. The number of piperazine rings is 2. The highest BCUT2D eigenvalue weighted by Crippen LogP contribution is 2.30. The number of anilines is 2. The van der Waals surface area contributed by atoms with Crippen molar-refractivity contribution in [3.05, 3.63) is 121 Å². The van der Waals surface area contributed by atoms with E-state index in [2.05, 4.69) is 91.6 Å². The van der Waals surface area contributed by atoms with Crippen LogP contribution in [0, 0.1) is 11.6 Å². The lowest BCUT2D eigenvalue weighted by Gasteiger charge is -2.34. The zero-order valence-corrected chi connectivity index (χ0v) is 37.8. The van der Waals surface area contributed by atoms with Gasteiger partial charge in [0.2, 0.25) is 0 Å². The van der Waals surface area contributed by atoms with Crippen molar-refractivity contribution in [2.24, 2.45) is 0 Å². The third-order valence-electron chi connectivity index (χ3n) is 11.6. The molecule has 2 aliphatic heterocycles. The Morgan fingerprint density at radius 1 is 0.560 bits per heavy atom. The lowest BCUT2D eigenvalue weighted by molar-refractivity contribution is -0.131. The molecule has 1 amide bonds. The van der Waals surface area contributed by atoms with Gasteiger partial charge < -0.3 is 35.1 Å². The minimum absolute atomic E-state index is 0. The van der Waals surface area contributed by atoms with E-state index in [0.717, 1.165) is 62.0 Å². The minimum atomic E-state index is -1.66. The van der Waals surface area contributed by atoms with E-state index >= 15 is 0 Å². The monoisotopic (exact) mass is 1020 g/mol. The molecule has 2 saturated heterocycles. The molecule has 2 aliphatic rings. The Labute approximate surface area is 422 Å². The summed E-state index contributed by atoms with van der Waals surface area (Å²) in [6, 6.07) is 11.3. The first-order valence-corrected chi connectivity index (χ1v) is 22.2. The Balaban J connectivity index is 0.000000162. The molecule has 10 aromatic heterocycles. The molecule has 0 bridgehead atoms. The standard InChI is InChI=1S/C22H18FN11O2.C11H6FN5O3.C11H14N6.2CH4/c23-14-12-26-20(34-6-5-27-31-34)18-16(14)13(11-25-18)19(35)22(36)33-9-7-32(8-10-33)21-17(28-30-29-21)15-3-1-2-4-24-15;12-6-4-14-10(17-2-1-15-16-17)8-7(6)5(3-13-8)9(18)11(19)20;1-2-4-13-9(3-1)10-11(15-16-14-10)17-7-5-12-6-8-17;;/h1-6,11-12,25H,7-10H2,(H,28,29,30);1-4,13H,(H,19,20);1-4,12H,5-8H2,(H,14,15,16);2*1H4. The highest BCUT2D eigenvalue weighted by molar-refractivity contribution is 6.45. The van der Waals surface area contributed by atoms with Crippen molar-refractivity contribution in [3.8, 4) is 34.4 Å². The number of carboxylic acid groups (broad SMARTS) is 1. The molecule has 2 fully saturated rings. The number of carbonyl (C=O) groups is 4. The van der Waals surface area contributed by atoms with Gasteiger partial charge in [0.1, 0.15) is 0 Å². The average molecular weight is 1030 g/mol. The van der Waals surface area contributed by atoms with Gasteiger partial charge in [0.25, 0.3) is 17.5 Å². The zero-order chi connectivity index (χ0) is 50.4. The largest absolute Gasteiger partial charge is 0.475 e. The molecule has 0 atom stereocenters. The van der Waals surface area contributed by atoms with E-state index in [1.165, 1.54) is 39.1 Å². The maximum Gasteiger partial charge on any atom is 0.377 e. The molecule has 0 unspecified atom stereocenters. The van der Waals surface area contributed by atoms with Crippen LogP contribution < -0.4 is 15.1 Å². The van der Waals surface area contributed by atoms with E-state index in [1.54, 1.807) is 18.6 Å². The first-order chi connectivity index (χ1) is 35.7. The highest BCUT2D eigenvalue weighted by Gasteiger charge is 2.32. The van der Waals surface area contributed by atoms with Gasteiger partial charge in [-0.05, 0) is 24.3 Å². The van der Waals surface area contributed by atoms with Crippen LogP contribution in [-0.2, 0) is 9.59 Å². The molecule has 75 heavy (non-hydrogen) atoms. The maximum absolute atomic E-state index is 14.7. The van der Waals surface area contributed by atoms with Gasteiger partial charge in [-0.3, -0.25) is 24.4 Å². The summed E-state index contributed by atoms with van der Waals surface area (Å²) in [6.07, 6.45) is 13.7. The number of carbonyl (C=O) groups excluding carboxylic acids is 3. The van der Waals surface area contributed by atoms with Crippen molar-refractivity contribution in [2.45, 2.75) is 14.9 Å². The topological polar surface area (TPSA) is 338 Å². The van der Waals surface area contributed by atoms with Gasteiger partial charge in [0.05, 0.1) is 81.5 Å². The Morgan fingerprint density at radius 2 is 1.04 bits per heavy atom. The smallest absolute Gasteiger partial charge is 0.377 e. The lowest BCUT2D eigenvalue weighted by Crippen LogP contribution is -2.50. The third-order valence-corrected chi connectivity index (χ3v) is 11.6. The predicted molar refractivity (Wildman–Crippen MR) is 265 cm³/mol. The van der Waals surface area contributed by atoms with Crippen LogP contribution in [0.4, 0.5) is 20.4 Å². The number of rotatable bonds is 10. The number of pyridine rings is 4. The highest BCUT2D eigenvalue weighted by atomic mass is 19.1. The molecule has 6 N–H and O–H groups in total. The Bertz CT molecular complexity index is 3550. The van der Waals surface area contributed by atoms with Gasteiger partial charge in [0.15, 0.2) is 46.3 Å². The van der Waals surface area contributed by atoms with Crippen molar-refractivity contribution in [1.82, 2.24) is 101 Å². The molecule has 12 heterocycles. The molecule has 384 valence electrons. The fourth-order valence-electron chi connectivity index (χ4n) is 8.15. The van der Waals surface area contributed by atoms with Crippen LogP contribution in [0.1, 0.15) is 35.6 Å². The summed E-state index contributed by atoms with van der Waals surface area (Å²) in [4.78, 5) is 76.2. The first-order valence-electron chi connectivity index (χ1n) is 22.2. The average Bonchev–Trinajstić information content (AvgIpc) is 4.30. The molecule has 0 saturated carbocycles. The minimum Gasteiger partial charge on any atom is -0.475 e. The van der Waals surface area contributed by atoms with Crippen molar-refractivity contribution < 1.29 is 33.1 Å². The predicted octanol–water partition coefficient (Wildman–Crippen LogP) is 3.09. The number of Topliss-reactive ketones (excluding diaryl/α,β-unsaturated/α-hetero) is 2. The second kappa shape index (κ2) is 22.6. The molecular formula is C46H46F2N22O5. The molecule has 27 nitrogen and oxygen atoms in total. The van der Waals surface area contributed by atoms with Gasteiger partial charge in [-0.1, -0.05) is 37.4 Å². The third kappa shape index (κ3) is 10.4. The number of nitrogens with zero attached hydrogens (tertiary/aromatic N) is 17. The molecule has 0 aliphatic carbocycles. The van der Waals surface area contributed by atoms with Gasteiger partial charge in [-0.15, -0.1) is 20.4 Å². The van der Waals surface area contributed by atoms with E-state index in [-0.39, 0.29) is 72.5 Å². The second-order valence-electron chi connectivity index (χ2n) is 15.9. The molecule has 29 heteroatoms. The summed E-state index contributed by atoms with van der Waals surface area (Å²) in [5.74, 6) is -3.90. The summed E-state index contributed by atoms with van der Waals surface area (Å²) in [5.41, 5.74) is 3.05. The van der Waals surface area contributed by atoms with E-state index in [1.807, 2.05) is 41.3 Å². The molecule has 0 radical (unpaired) electrons. The number of H-pyrrole nitrogens is 4. The number of ketones is 2. The molecule has 10 aromatic rings. The van der Waals surface area contributed by atoms with Gasteiger partial charge >= 0.3 is 5.97 Å². The van der Waals surface area contributed by atoms with Crippen LogP contribution in [0.2, 0.25) is 0 Å². The summed E-state index contributed by atoms with van der Waals surface area (Å²) >= 11 is 0. The van der Waals surface area contributed by atoms with Crippen LogP contribution in [0.3, 0.4) is 0 Å². The SMILES string of the molecule is C.C.O=C(C(=O)N1CCN(c2n[nH]nc2-c2ccccn2)CC1)c1c[nH]c2c(-n3ccnn3)ncc(F)c12.O=C(O)C(=O)c1c[nH]c2c(-n3ccnn3)ncc(F)c12.c1ccc(-c2n[nH]nc2N2CCNCC2)nc1. The van der Waals surface area contributed by atoms with Gasteiger partial charge in [0, 0.05) is 77.1 Å². The van der Waals surface area contributed by atoms with Crippen LogP contribution in [0.25, 0.3) is 56.2 Å². The second-order valence-corrected chi connectivity index (χ2v) is 15.9. The summed E-state index contributed by atoms with van der Waals surface area (Å²) in [6.45, 7) is 5.31. The van der Waals surface area contributed by atoms with Crippen LogP contribution in [-0.4, -0.2) is 177 Å². The molecule has 12 rings (SSSR count). The van der Waals surface area contributed by atoms with Crippen molar-refractivity contribution >= 4 is 56.9 Å². The molecule has 0 aromatic carbocycles. The Hall–Kier alpha value is -10.1. The number of aromatic nitrogens is 18. The first kappa shape index (κ1) is 51.3. The van der Waals surface area contributed by atoms with Crippen molar-refractivity contribution in [2.75, 3.05) is 62.2 Å². The summed E-state index contributed by atoms with van der Waals surface area (Å²) < 4.78 is 31.2. The fourth-order valence-corrected chi connectivity index (χ4v) is 8.15. The van der Waals surface area contributed by atoms with E-state index in [4.69, 9.17) is 5.11 Å². The number of fused-ring (bicyclic) bond motifs is 2. The normalized spacial score (nSPS) is 13.2. The van der Waals surface area contributed by atoms with Crippen LogP contribution in [0.15, 0.2) is 98.4 Å². The number of aliphatic carboxylic acids is 1. The van der Waals surface area contributed by atoms with Crippen LogP contribution >= 0.6 is 0 Å².